The number of benzene rings is 1. The third kappa shape index (κ3) is 3.19. The summed E-state index contributed by atoms with van der Waals surface area (Å²) in [7, 11) is 0. The molecule has 28 heavy (non-hydrogen) atoms. The van der Waals surface area contributed by atoms with E-state index in [1.807, 2.05) is 42.5 Å². The van der Waals surface area contributed by atoms with Gasteiger partial charge >= 0.3 is 0 Å². The molecule has 140 valence electrons. The Hall–Kier alpha value is -3.03. The molecule has 5 rings (SSSR count). The normalized spacial score (nSPS) is 16.8. The maximum Gasteiger partial charge on any atom is 0.241 e. The smallest absolute Gasteiger partial charge is 0.241 e. The van der Waals surface area contributed by atoms with Crippen LogP contribution in [-0.2, 0) is 13.0 Å². The van der Waals surface area contributed by atoms with Crippen molar-refractivity contribution in [2.45, 2.75) is 19.0 Å². The zero-order chi connectivity index (χ0) is 18.9. The molecule has 1 aromatic carbocycles. The maximum absolute atomic E-state index is 5.95. The topological polar surface area (TPSA) is 83.7 Å². The highest BCUT2D eigenvalue weighted by molar-refractivity contribution is 6.30. The van der Waals surface area contributed by atoms with E-state index in [9.17, 15) is 0 Å². The van der Waals surface area contributed by atoms with Crippen LogP contribution in [0.2, 0.25) is 5.02 Å². The van der Waals surface area contributed by atoms with Crippen LogP contribution in [0.25, 0.3) is 11.4 Å². The molecule has 0 radical (unpaired) electrons. The lowest BCUT2D eigenvalue weighted by atomic mass is 9.99. The minimum absolute atomic E-state index is 0.0536. The first-order valence-electron chi connectivity index (χ1n) is 9.03. The van der Waals surface area contributed by atoms with Crippen LogP contribution in [0.4, 0.5) is 0 Å². The van der Waals surface area contributed by atoms with Crippen molar-refractivity contribution in [1.82, 2.24) is 30.0 Å². The number of hydrogen-bond donors (Lipinski definition) is 1. The van der Waals surface area contributed by atoms with E-state index < -0.39 is 0 Å². The highest BCUT2D eigenvalue weighted by atomic mass is 35.5. The van der Waals surface area contributed by atoms with Gasteiger partial charge in [-0.05, 0) is 36.4 Å². The fraction of sp³-hybridized carbons (Fsp3) is 0.200. The Morgan fingerprint density at radius 2 is 2.04 bits per heavy atom. The van der Waals surface area contributed by atoms with Crippen LogP contribution >= 0.6 is 11.6 Å². The number of fused-ring (bicyclic) bond motifs is 1. The lowest BCUT2D eigenvalue weighted by molar-refractivity contribution is 0.172. The second kappa shape index (κ2) is 7.18. The number of nitrogens with one attached hydrogen (secondary N) is 1. The lowest BCUT2D eigenvalue weighted by Crippen LogP contribution is -2.36. The molecular weight excluding hydrogens is 376 g/mol. The Morgan fingerprint density at radius 1 is 1.14 bits per heavy atom. The van der Waals surface area contributed by atoms with Gasteiger partial charge in [0.25, 0.3) is 0 Å². The van der Waals surface area contributed by atoms with Gasteiger partial charge in [0.2, 0.25) is 11.7 Å². The fourth-order valence-electron chi connectivity index (χ4n) is 3.57. The maximum atomic E-state index is 5.95. The van der Waals surface area contributed by atoms with E-state index in [4.69, 9.17) is 16.1 Å². The second-order valence-corrected chi connectivity index (χ2v) is 7.10. The fourth-order valence-corrected chi connectivity index (χ4v) is 3.70. The molecule has 4 aromatic rings. The van der Waals surface area contributed by atoms with Crippen molar-refractivity contribution in [2.75, 3.05) is 6.54 Å². The molecule has 8 heteroatoms. The molecule has 0 saturated heterocycles. The van der Waals surface area contributed by atoms with Crippen molar-refractivity contribution in [2.24, 2.45) is 0 Å². The third-order valence-electron chi connectivity index (χ3n) is 4.90. The Balaban J connectivity index is 1.43. The van der Waals surface area contributed by atoms with Crippen molar-refractivity contribution in [3.63, 3.8) is 0 Å². The van der Waals surface area contributed by atoms with Crippen LogP contribution in [-0.4, -0.2) is 36.5 Å². The van der Waals surface area contributed by atoms with E-state index in [0.717, 1.165) is 35.6 Å². The highest BCUT2D eigenvalue weighted by Gasteiger charge is 2.32. The van der Waals surface area contributed by atoms with Crippen LogP contribution in [0.3, 0.4) is 0 Å². The molecule has 1 aliphatic rings. The minimum atomic E-state index is -0.0536. The van der Waals surface area contributed by atoms with Crippen molar-refractivity contribution >= 4 is 11.6 Å². The van der Waals surface area contributed by atoms with E-state index in [1.54, 1.807) is 12.5 Å². The number of aromatic amines is 1. The van der Waals surface area contributed by atoms with Gasteiger partial charge in [-0.3, -0.25) is 9.88 Å². The lowest BCUT2D eigenvalue weighted by Gasteiger charge is -2.33. The summed E-state index contributed by atoms with van der Waals surface area (Å²) in [6, 6.07) is 13.3. The number of halogens is 1. The minimum Gasteiger partial charge on any atom is -0.348 e. The summed E-state index contributed by atoms with van der Waals surface area (Å²) in [5, 5.41) is 4.80. The molecule has 1 N–H and O–H groups in total. The third-order valence-corrected chi connectivity index (χ3v) is 5.15. The van der Waals surface area contributed by atoms with E-state index in [2.05, 4.69) is 30.0 Å². The molecule has 7 nitrogen and oxygen atoms in total. The quantitative estimate of drug-likeness (QED) is 0.570. The van der Waals surface area contributed by atoms with Crippen LogP contribution in [0.5, 0.6) is 0 Å². The van der Waals surface area contributed by atoms with Crippen LogP contribution in [0, 0.1) is 0 Å². The van der Waals surface area contributed by atoms with Crippen LogP contribution in [0.1, 0.15) is 29.0 Å². The predicted molar refractivity (Wildman–Crippen MR) is 104 cm³/mol. The summed E-state index contributed by atoms with van der Waals surface area (Å²) < 4.78 is 5.52. The Kier molecular flexibility index (Phi) is 4.38. The summed E-state index contributed by atoms with van der Waals surface area (Å²) in [5.41, 5.74) is 3.98. The monoisotopic (exact) mass is 392 g/mol. The second-order valence-electron chi connectivity index (χ2n) is 6.66. The molecule has 1 atom stereocenters. The molecule has 3 aromatic heterocycles. The molecule has 1 aliphatic heterocycles. The van der Waals surface area contributed by atoms with E-state index in [1.165, 1.54) is 0 Å². The SMILES string of the molecule is Clc1ccc(-c2noc(CN3CCc4[nH]cnc4C3c3ccccn3)n2)cc1. The Labute approximate surface area is 166 Å². The predicted octanol–water partition coefficient (Wildman–Crippen LogP) is 3.66. The average Bonchev–Trinajstić information content (AvgIpc) is 3.39. The van der Waals surface area contributed by atoms with Gasteiger partial charge in [-0.2, -0.15) is 4.98 Å². The number of nitrogens with zero attached hydrogens (tertiary/aromatic N) is 5. The largest absolute Gasteiger partial charge is 0.348 e. The summed E-state index contributed by atoms with van der Waals surface area (Å²) in [6.07, 6.45) is 4.44. The molecule has 0 fully saturated rings. The Morgan fingerprint density at radius 3 is 2.86 bits per heavy atom. The summed E-state index contributed by atoms with van der Waals surface area (Å²) >= 11 is 5.95. The molecule has 4 heterocycles. The number of pyridine rings is 1. The van der Waals surface area contributed by atoms with Gasteiger partial charge in [0, 0.05) is 35.4 Å². The van der Waals surface area contributed by atoms with Gasteiger partial charge in [0.1, 0.15) is 0 Å². The van der Waals surface area contributed by atoms with Crippen molar-refractivity contribution in [3.05, 3.63) is 83.0 Å². The molecule has 1 unspecified atom stereocenters. The Bertz CT molecular complexity index is 1080. The molecule has 0 aliphatic carbocycles. The average molecular weight is 393 g/mol. The van der Waals surface area contributed by atoms with E-state index in [-0.39, 0.29) is 6.04 Å². The van der Waals surface area contributed by atoms with Crippen molar-refractivity contribution in [3.8, 4) is 11.4 Å². The van der Waals surface area contributed by atoms with Crippen molar-refractivity contribution in [1.29, 1.82) is 0 Å². The molecular formula is C20H17ClN6O. The van der Waals surface area contributed by atoms with Gasteiger partial charge < -0.3 is 9.51 Å². The zero-order valence-electron chi connectivity index (χ0n) is 14.9. The summed E-state index contributed by atoms with van der Waals surface area (Å²) in [6.45, 7) is 1.36. The number of H-pyrrole nitrogens is 1. The van der Waals surface area contributed by atoms with E-state index in [0.29, 0.717) is 23.3 Å². The standard InChI is InChI=1S/C20H17ClN6O/c21-14-6-4-13(5-7-14)20-25-17(28-26-20)11-27-10-8-15-18(24-12-23-15)19(27)16-3-1-2-9-22-16/h1-7,9,12,19H,8,10-11H2,(H,23,24). The summed E-state index contributed by atoms with van der Waals surface area (Å²) in [4.78, 5) is 19.2. The van der Waals surface area contributed by atoms with Crippen LogP contribution in [0.15, 0.2) is 59.5 Å². The first kappa shape index (κ1) is 17.1. The molecule has 0 saturated carbocycles. The van der Waals surface area contributed by atoms with E-state index >= 15 is 0 Å². The van der Waals surface area contributed by atoms with Crippen LogP contribution < -0.4 is 0 Å². The molecule has 0 spiro atoms. The van der Waals surface area contributed by atoms with Gasteiger partial charge in [-0.1, -0.05) is 22.8 Å². The van der Waals surface area contributed by atoms with Gasteiger partial charge in [0.05, 0.1) is 30.3 Å². The zero-order valence-corrected chi connectivity index (χ0v) is 15.7. The number of hydrogen-bond acceptors (Lipinski definition) is 6. The number of imidazole rings is 1. The van der Waals surface area contributed by atoms with Gasteiger partial charge in [-0.25, -0.2) is 4.98 Å². The molecule has 0 amide bonds. The first-order valence-corrected chi connectivity index (χ1v) is 9.41. The van der Waals surface area contributed by atoms with Gasteiger partial charge in [0.15, 0.2) is 0 Å². The van der Waals surface area contributed by atoms with Gasteiger partial charge in [-0.15, -0.1) is 0 Å². The number of rotatable bonds is 4. The van der Waals surface area contributed by atoms with Crippen molar-refractivity contribution < 1.29 is 4.52 Å². The number of aromatic nitrogens is 5. The first-order chi connectivity index (χ1) is 13.8. The molecule has 0 bridgehead atoms. The summed E-state index contributed by atoms with van der Waals surface area (Å²) in [5.74, 6) is 1.11. The highest BCUT2D eigenvalue weighted by Crippen LogP contribution is 2.33.